The molecule has 0 atom stereocenters. The molecule has 0 aliphatic rings. The van der Waals surface area contributed by atoms with Gasteiger partial charge in [0.1, 0.15) is 10.6 Å². The SMILES string of the molecule is COC(=O)c1[nH]c2ccc(C)cc2c1NS(=O)(=O)c1cc(C)ccc1OC. The van der Waals surface area contributed by atoms with Crippen molar-refractivity contribution in [1.82, 2.24) is 4.98 Å². The van der Waals surface area contributed by atoms with Crippen LogP contribution in [0.4, 0.5) is 5.69 Å². The third kappa shape index (κ3) is 3.48. The number of H-pyrrole nitrogens is 1. The zero-order chi connectivity index (χ0) is 19.8. The highest BCUT2D eigenvalue weighted by molar-refractivity contribution is 7.92. The molecule has 0 spiro atoms. The molecule has 0 unspecified atom stereocenters. The second-order valence-corrected chi connectivity index (χ2v) is 7.83. The first-order valence-electron chi connectivity index (χ1n) is 8.15. The van der Waals surface area contributed by atoms with Gasteiger partial charge in [0.15, 0.2) is 5.69 Å². The van der Waals surface area contributed by atoms with Crippen LogP contribution in [0, 0.1) is 13.8 Å². The van der Waals surface area contributed by atoms with Crippen LogP contribution in [-0.4, -0.2) is 33.6 Å². The average Bonchev–Trinajstić information content (AvgIpc) is 2.98. The summed E-state index contributed by atoms with van der Waals surface area (Å²) in [5, 5.41) is 0.575. The summed E-state index contributed by atoms with van der Waals surface area (Å²) in [7, 11) is -1.38. The molecule has 7 nitrogen and oxygen atoms in total. The molecule has 1 aromatic heterocycles. The van der Waals surface area contributed by atoms with E-state index in [1.807, 2.05) is 13.0 Å². The van der Waals surface area contributed by atoms with Gasteiger partial charge in [-0.3, -0.25) is 4.72 Å². The number of hydrogen-bond donors (Lipinski definition) is 2. The zero-order valence-corrected chi connectivity index (χ0v) is 16.2. The molecule has 27 heavy (non-hydrogen) atoms. The van der Waals surface area contributed by atoms with Crippen molar-refractivity contribution in [3.8, 4) is 5.75 Å². The average molecular weight is 388 g/mol. The van der Waals surface area contributed by atoms with Crippen molar-refractivity contribution in [2.24, 2.45) is 0 Å². The van der Waals surface area contributed by atoms with E-state index in [0.29, 0.717) is 10.9 Å². The Hall–Kier alpha value is -3.00. The monoisotopic (exact) mass is 388 g/mol. The highest BCUT2D eigenvalue weighted by Crippen LogP contribution is 2.33. The molecule has 3 rings (SSSR count). The summed E-state index contributed by atoms with van der Waals surface area (Å²) >= 11 is 0. The fourth-order valence-electron chi connectivity index (χ4n) is 2.85. The van der Waals surface area contributed by atoms with Crippen molar-refractivity contribution in [1.29, 1.82) is 0 Å². The van der Waals surface area contributed by atoms with Gasteiger partial charge in [0, 0.05) is 10.9 Å². The van der Waals surface area contributed by atoms with Crippen molar-refractivity contribution >= 4 is 32.6 Å². The molecule has 1 heterocycles. The molecule has 0 aliphatic heterocycles. The summed E-state index contributed by atoms with van der Waals surface area (Å²) < 4.78 is 38.6. The van der Waals surface area contributed by atoms with Crippen LogP contribution in [-0.2, 0) is 14.8 Å². The van der Waals surface area contributed by atoms with Gasteiger partial charge in [-0.05, 0) is 43.7 Å². The van der Waals surface area contributed by atoms with Crippen LogP contribution in [0.2, 0.25) is 0 Å². The van der Waals surface area contributed by atoms with Crippen molar-refractivity contribution in [3.63, 3.8) is 0 Å². The summed E-state index contributed by atoms with van der Waals surface area (Å²) in [6.07, 6.45) is 0. The molecular weight excluding hydrogens is 368 g/mol. The fourth-order valence-corrected chi connectivity index (χ4v) is 4.20. The van der Waals surface area contributed by atoms with E-state index >= 15 is 0 Å². The molecule has 2 aromatic carbocycles. The number of benzene rings is 2. The molecule has 0 aliphatic carbocycles. The number of fused-ring (bicyclic) bond motifs is 1. The van der Waals surface area contributed by atoms with Crippen molar-refractivity contribution < 1.29 is 22.7 Å². The van der Waals surface area contributed by atoms with E-state index in [0.717, 1.165) is 11.1 Å². The van der Waals surface area contributed by atoms with Crippen molar-refractivity contribution in [2.75, 3.05) is 18.9 Å². The number of rotatable bonds is 5. The topological polar surface area (TPSA) is 97.5 Å². The Kier molecular flexibility index (Phi) is 4.84. The number of aryl methyl sites for hydroxylation is 2. The molecule has 0 bridgehead atoms. The molecule has 8 heteroatoms. The number of sulfonamides is 1. The van der Waals surface area contributed by atoms with E-state index < -0.39 is 16.0 Å². The second-order valence-electron chi connectivity index (χ2n) is 6.18. The third-order valence-corrected chi connectivity index (χ3v) is 5.56. The highest BCUT2D eigenvalue weighted by atomic mass is 32.2. The lowest BCUT2D eigenvalue weighted by atomic mass is 10.1. The summed E-state index contributed by atoms with van der Waals surface area (Å²) in [4.78, 5) is 15.1. The van der Waals surface area contributed by atoms with Gasteiger partial charge in [-0.1, -0.05) is 17.7 Å². The molecule has 0 fully saturated rings. The summed E-state index contributed by atoms with van der Waals surface area (Å²) in [6.45, 7) is 3.67. The van der Waals surface area contributed by atoms with Gasteiger partial charge in [0.2, 0.25) is 0 Å². The third-order valence-electron chi connectivity index (χ3n) is 4.19. The lowest BCUT2D eigenvalue weighted by Crippen LogP contribution is -2.16. The van der Waals surface area contributed by atoms with Gasteiger partial charge in [0.05, 0.1) is 19.9 Å². The number of nitrogens with one attached hydrogen (secondary N) is 2. The maximum absolute atomic E-state index is 13.1. The van der Waals surface area contributed by atoms with Gasteiger partial charge in [-0.2, -0.15) is 0 Å². The Balaban J connectivity index is 2.19. The van der Waals surface area contributed by atoms with Crippen LogP contribution in [0.15, 0.2) is 41.3 Å². The largest absolute Gasteiger partial charge is 0.495 e. The maximum atomic E-state index is 13.1. The van der Waals surface area contributed by atoms with Crippen molar-refractivity contribution in [3.05, 3.63) is 53.2 Å². The number of esters is 1. The molecule has 3 aromatic rings. The van der Waals surface area contributed by atoms with E-state index in [9.17, 15) is 13.2 Å². The number of carbonyl (C=O) groups is 1. The number of hydrogen-bond acceptors (Lipinski definition) is 5. The van der Waals surface area contributed by atoms with E-state index in [1.165, 1.54) is 20.3 Å². The Morgan fingerprint density at radius 3 is 2.37 bits per heavy atom. The molecule has 0 saturated carbocycles. The molecule has 0 saturated heterocycles. The van der Waals surface area contributed by atoms with Gasteiger partial charge >= 0.3 is 5.97 Å². The number of methoxy groups -OCH3 is 2. The van der Waals surface area contributed by atoms with E-state index in [2.05, 4.69) is 9.71 Å². The predicted octanol–water partition coefficient (Wildman–Crippen LogP) is 3.38. The minimum absolute atomic E-state index is 0.0113. The lowest BCUT2D eigenvalue weighted by Gasteiger charge is -2.13. The quantitative estimate of drug-likeness (QED) is 0.653. The summed E-state index contributed by atoms with van der Waals surface area (Å²) in [5.74, 6) is -0.457. The van der Waals surface area contributed by atoms with Crippen LogP contribution >= 0.6 is 0 Å². The Morgan fingerprint density at radius 2 is 1.70 bits per heavy atom. The van der Waals surface area contributed by atoms with Crippen LogP contribution in [0.5, 0.6) is 5.75 Å². The standard InChI is InChI=1S/C19H20N2O5S/c1-11-5-7-14-13(9-11)17(18(20-14)19(22)26-4)21-27(23,24)16-10-12(2)6-8-15(16)25-3/h5-10,20-21H,1-4H3. The number of carbonyl (C=O) groups excluding carboxylic acids is 1. The Labute approximate surface area is 157 Å². The van der Waals surface area contributed by atoms with Crippen molar-refractivity contribution in [2.45, 2.75) is 18.7 Å². The van der Waals surface area contributed by atoms with Crippen LogP contribution < -0.4 is 9.46 Å². The first kappa shape index (κ1) is 18.8. The minimum atomic E-state index is -4.02. The first-order valence-corrected chi connectivity index (χ1v) is 9.63. The molecule has 2 N–H and O–H groups in total. The molecular formula is C19H20N2O5S. The summed E-state index contributed by atoms with van der Waals surface area (Å²) in [6, 6.07) is 10.3. The Morgan fingerprint density at radius 1 is 1.04 bits per heavy atom. The lowest BCUT2D eigenvalue weighted by molar-refractivity contribution is 0.0596. The van der Waals surface area contributed by atoms with E-state index in [1.54, 1.807) is 31.2 Å². The second kappa shape index (κ2) is 6.96. The van der Waals surface area contributed by atoms with Crippen LogP contribution in [0.1, 0.15) is 21.6 Å². The smallest absolute Gasteiger partial charge is 0.356 e. The Bertz CT molecular complexity index is 1130. The predicted molar refractivity (Wildman–Crippen MR) is 103 cm³/mol. The number of ether oxygens (including phenoxy) is 2. The van der Waals surface area contributed by atoms with Gasteiger partial charge in [-0.15, -0.1) is 0 Å². The normalized spacial score (nSPS) is 11.4. The number of anilines is 1. The molecule has 142 valence electrons. The molecule has 0 radical (unpaired) electrons. The minimum Gasteiger partial charge on any atom is -0.495 e. The van der Waals surface area contributed by atoms with Gasteiger partial charge in [-0.25, -0.2) is 13.2 Å². The van der Waals surface area contributed by atoms with E-state index in [-0.39, 0.29) is 22.0 Å². The number of aromatic nitrogens is 1. The zero-order valence-electron chi connectivity index (χ0n) is 15.4. The van der Waals surface area contributed by atoms with Crippen LogP contribution in [0.3, 0.4) is 0 Å². The maximum Gasteiger partial charge on any atom is 0.356 e. The highest BCUT2D eigenvalue weighted by Gasteiger charge is 2.26. The van der Waals surface area contributed by atoms with Gasteiger partial charge < -0.3 is 14.5 Å². The first-order chi connectivity index (χ1) is 12.8. The molecule has 0 amide bonds. The van der Waals surface area contributed by atoms with Crippen LogP contribution in [0.25, 0.3) is 10.9 Å². The van der Waals surface area contributed by atoms with Gasteiger partial charge in [0.25, 0.3) is 10.0 Å². The van der Waals surface area contributed by atoms with E-state index in [4.69, 9.17) is 9.47 Å². The number of aromatic amines is 1. The summed E-state index contributed by atoms with van der Waals surface area (Å²) in [5.41, 5.74) is 2.48. The fraction of sp³-hybridized carbons (Fsp3) is 0.211.